The predicted molar refractivity (Wildman–Crippen MR) is 60.9 cm³/mol. The molecule has 0 aliphatic heterocycles. The molecule has 0 heterocycles. The van der Waals surface area contributed by atoms with Gasteiger partial charge in [0.2, 0.25) is 0 Å². The van der Waals surface area contributed by atoms with E-state index in [1.807, 2.05) is 30.3 Å². The molecule has 0 fully saturated rings. The van der Waals surface area contributed by atoms with Gasteiger partial charge in [0.15, 0.2) is 5.78 Å². The Bertz CT molecular complexity index is 291. The molecule has 82 valence electrons. The SMILES string of the molecule is CC(O)CCCCC(=O)c1ccccc1. The van der Waals surface area contributed by atoms with Crippen LogP contribution in [0.2, 0.25) is 0 Å². The summed E-state index contributed by atoms with van der Waals surface area (Å²) in [5, 5.41) is 9.05. The van der Waals surface area contributed by atoms with Gasteiger partial charge in [-0.1, -0.05) is 36.8 Å². The van der Waals surface area contributed by atoms with Gasteiger partial charge in [0.1, 0.15) is 0 Å². The van der Waals surface area contributed by atoms with Crippen LogP contribution in [0.15, 0.2) is 30.3 Å². The zero-order valence-electron chi connectivity index (χ0n) is 9.15. The molecule has 0 aromatic heterocycles. The van der Waals surface area contributed by atoms with Gasteiger partial charge >= 0.3 is 0 Å². The average Bonchev–Trinajstić information content (AvgIpc) is 2.25. The molecule has 0 bridgehead atoms. The number of hydrogen-bond acceptors (Lipinski definition) is 2. The number of benzene rings is 1. The second-order valence-electron chi connectivity index (χ2n) is 3.88. The van der Waals surface area contributed by atoms with Gasteiger partial charge in [-0.25, -0.2) is 0 Å². The summed E-state index contributed by atoms with van der Waals surface area (Å²) >= 11 is 0. The second-order valence-corrected chi connectivity index (χ2v) is 3.88. The molecule has 1 atom stereocenters. The lowest BCUT2D eigenvalue weighted by molar-refractivity contribution is 0.0976. The van der Waals surface area contributed by atoms with Crippen LogP contribution in [0.1, 0.15) is 43.0 Å². The van der Waals surface area contributed by atoms with Gasteiger partial charge in [-0.15, -0.1) is 0 Å². The van der Waals surface area contributed by atoms with Crippen molar-refractivity contribution < 1.29 is 9.90 Å². The minimum absolute atomic E-state index is 0.196. The van der Waals surface area contributed by atoms with Crippen molar-refractivity contribution in [1.29, 1.82) is 0 Å². The Labute approximate surface area is 90.9 Å². The van der Waals surface area contributed by atoms with Gasteiger partial charge < -0.3 is 5.11 Å². The number of carbonyl (C=O) groups excluding carboxylic acids is 1. The Balaban J connectivity index is 2.25. The van der Waals surface area contributed by atoms with Gasteiger partial charge in [0.25, 0.3) is 0 Å². The number of carbonyl (C=O) groups is 1. The van der Waals surface area contributed by atoms with Crippen LogP contribution in [0.3, 0.4) is 0 Å². The number of aliphatic hydroxyl groups is 1. The third-order valence-electron chi connectivity index (χ3n) is 2.37. The summed E-state index contributed by atoms with van der Waals surface area (Å²) < 4.78 is 0. The lowest BCUT2D eigenvalue weighted by atomic mass is 10.0. The van der Waals surface area contributed by atoms with Crippen molar-refractivity contribution in [3.05, 3.63) is 35.9 Å². The lowest BCUT2D eigenvalue weighted by Crippen LogP contribution is -2.01. The maximum atomic E-state index is 11.6. The van der Waals surface area contributed by atoms with E-state index < -0.39 is 0 Å². The summed E-state index contributed by atoms with van der Waals surface area (Å²) in [6.45, 7) is 1.78. The van der Waals surface area contributed by atoms with Crippen molar-refractivity contribution in [1.82, 2.24) is 0 Å². The normalized spacial score (nSPS) is 12.4. The second kappa shape index (κ2) is 6.36. The Hall–Kier alpha value is -1.15. The molecule has 1 unspecified atom stereocenters. The van der Waals surface area contributed by atoms with Crippen LogP contribution < -0.4 is 0 Å². The molecule has 1 N–H and O–H groups in total. The fourth-order valence-electron chi connectivity index (χ4n) is 1.49. The number of ketones is 1. The summed E-state index contributed by atoms with van der Waals surface area (Å²) in [5.74, 6) is 0.196. The van der Waals surface area contributed by atoms with E-state index in [2.05, 4.69) is 0 Å². The molecule has 15 heavy (non-hydrogen) atoms. The average molecular weight is 206 g/mol. The van der Waals surface area contributed by atoms with E-state index in [1.54, 1.807) is 6.92 Å². The fraction of sp³-hybridized carbons (Fsp3) is 0.462. The molecule has 0 saturated heterocycles. The van der Waals surface area contributed by atoms with Gasteiger partial charge in [0, 0.05) is 12.0 Å². The maximum absolute atomic E-state index is 11.6. The summed E-state index contributed by atoms with van der Waals surface area (Å²) in [7, 11) is 0. The quantitative estimate of drug-likeness (QED) is 0.574. The van der Waals surface area contributed by atoms with E-state index in [9.17, 15) is 4.79 Å². The molecule has 1 aromatic carbocycles. The highest BCUT2D eigenvalue weighted by atomic mass is 16.3. The molecule has 0 amide bonds. The minimum atomic E-state index is -0.253. The molecule has 2 nitrogen and oxygen atoms in total. The third-order valence-corrected chi connectivity index (χ3v) is 2.37. The van der Waals surface area contributed by atoms with Crippen LogP contribution in [-0.2, 0) is 0 Å². The van der Waals surface area contributed by atoms with Crippen LogP contribution in [0, 0.1) is 0 Å². The maximum Gasteiger partial charge on any atom is 0.162 e. The molecule has 0 aliphatic carbocycles. The van der Waals surface area contributed by atoms with E-state index in [4.69, 9.17) is 5.11 Å². The largest absolute Gasteiger partial charge is 0.393 e. The minimum Gasteiger partial charge on any atom is -0.393 e. The van der Waals surface area contributed by atoms with Gasteiger partial charge in [0.05, 0.1) is 6.10 Å². The van der Waals surface area contributed by atoms with Crippen molar-refractivity contribution in [2.24, 2.45) is 0 Å². The van der Waals surface area contributed by atoms with E-state index in [1.165, 1.54) is 0 Å². The molecule has 2 heteroatoms. The summed E-state index contributed by atoms with van der Waals surface area (Å²) in [6, 6.07) is 9.35. The first-order chi connectivity index (χ1) is 7.20. The van der Waals surface area contributed by atoms with Crippen LogP contribution in [-0.4, -0.2) is 17.0 Å². The topological polar surface area (TPSA) is 37.3 Å². The number of rotatable bonds is 6. The molecule has 0 aliphatic rings. The molecule has 1 aromatic rings. The van der Waals surface area contributed by atoms with E-state index in [-0.39, 0.29) is 11.9 Å². The lowest BCUT2D eigenvalue weighted by Gasteiger charge is -2.03. The van der Waals surface area contributed by atoms with Gasteiger partial charge in [-0.2, -0.15) is 0 Å². The van der Waals surface area contributed by atoms with Gasteiger partial charge in [-0.3, -0.25) is 4.79 Å². The fourth-order valence-corrected chi connectivity index (χ4v) is 1.49. The molecular formula is C13H18O2. The Kier molecular flexibility index (Phi) is 5.05. The Morgan fingerprint density at radius 2 is 1.93 bits per heavy atom. The first kappa shape index (κ1) is 11.9. The standard InChI is InChI=1S/C13H18O2/c1-11(14)7-5-6-10-13(15)12-8-3-2-4-9-12/h2-4,8-9,11,14H,5-7,10H2,1H3. The Morgan fingerprint density at radius 3 is 2.53 bits per heavy atom. The molecule has 0 radical (unpaired) electrons. The summed E-state index contributed by atoms with van der Waals surface area (Å²) in [4.78, 5) is 11.6. The predicted octanol–water partition coefficient (Wildman–Crippen LogP) is 2.81. The third kappa shape index (κ3) is 4.75. The zero-order valence-corrected chi connectivity index (χ0v) is 9.15. The summed E-state index contributed by atoms with van der Waals surface area (Å²) in [5.41, 5.74) is 0.787. The van der Waals surface area contributed by atoms with E-state index >= 15 is 0 Å². The first-order valence-electron chi connectivity index (χ1n) is 5.46. The number of Topliss-reactive ketones (excluding diaryl/α,β-unsaturated/α-hetero) is 1. The van der Waals surface area contributed by atoms with E-state index in [0.29, 0.717) is 6.42 Å². The first-order valence-corrected chi connectivity index (χ1v) is 5.46. The van der Waals surface area contributed by atoms with Gasteiger partial charge in [-0.05, 0) is 19.8 Å². The van der Waals surface area contributed by atoms with E-state index in [0.717, 1.165) is 24.8 Å². The van der Waals surface area contributed by atoms with Crippen LogP contribution >= 0.6 is 0 Å². The van der Waals surface area contributed by atoms with Crippen molar-refractivity contribution in [3.8, 4) is 0 Å². The Morgan fingerprint density at radius 1 is 1.27 bits per heavy atom. The highest BCUT2D eigenvalue weighted by molar-refractivity contribution is 5.95. The van der Waals surface area contributed by atoms with Crippen molar-refractivity contribution >= 4 is 5.78 Å². The highest BCUT2D eigenvalue weighted by Crippen LogP contribution is 2.08. The van der Waals surface area contributed by atoms with Crippen LogP contribution in [0.5, 0.6) is 0 Å². The summed E-state index contributed by atoms with van der Waals surface area (Å²) in [6.07, 6.45) is 2.88. The zero-order chi connectivity index (χ0) is 11.1. The molecule has 0 spiro atoms. The monoisotopic (exact) mass is 206 g/mol. The molecule has 0 saturated carbocycles. The van der Waals surface area contributed by atoms with Crippen molar-refractivity contribution in [3.63, 3.8) is 0 Å². The van der Waals surface area contributed by atoms with Crippen molar-refractivity contribution in [2.75, 3.05) is 0 Å². The molecule has 1 rings (SSSR count). The smallest absolute Gasteiger partial charge is 0.162 e. The van der Waals surface area contributed by atoms with Crippen LogP contribution in [0.4, 0.5) is 0 Å². The number of aliphatic hydroxyl groups excluding tert-OH is 1. The van der Waals surface area contributed by atoms with Crippen molar-refractivity contribution in [2.45, 2.75) is 38.7 Å². The highest BCUT2D eigenvalue weighted by Gasteiger charge is 2.04. The molecular weight excluding hydrogens is 188 g/mol. The number of hydrogen-bond donors (Lipinski definition) is 1. The van der Waals surface area contributed by atoms with Crippen LogP contribution in [0.25, 0.3) is 0 Å². The number of unbranched alkanes of at least 4 members (excludes halogenated alkanes) is 1.